The van der Waals surface area contributed by atoms with E-state index in [1.807, 2.05) is 0 Å². The van der Waals surface area contributed by atoms with Gasteiger partial charge < -0.3 is 16.1 Å². The number of benzene rings is 1. The Hall–Kier alpha value is -1.49. The standard InChI is InChI=1S/C8H11BN2O2/c1-9(13)6-3-2-4-7(5-6)11-8(10)12/h2-5,13H,1H3,(H3,10,11,12). The molecular formula is C8H11BN2O2. The van der Waals surface area contributed by atoms with E-state index in [4.69, 9.17) is 5.73 Å². The first kappa shape index (κ1) is 9.60. The molecule has 0 aliphatic heterocycles. The van der Waals surface area contributed by atoms with Crippen LogP contribution in [0.25, 0.3) is 0 Å². The largest absolute Gasteiger partial charge is 0.446 e. The number of nitrogens with two attached hydrogens (primary N) is 1. The van der Waals surface area contributed by atoms with Crippen molar-refractivity contribution in [2.75, 3.05) is 5.32 Å². The first-order chi connectivity index (χ1) is 6.09. The summed E-state index contributed by atoms with van der Waals surface area (Å²) in [5, 5.41) is 11.7. The summed E-state index contributed by atoms with van der Waals surface area (Å²) in [4.78, 5) is 10.5. The highest BCUT2D eigenvalue weighted by Gasteiger charge is 2.06. The fourth-order valence-corrected chi connectivity index (χ4v) is 1.02. The van der Waals surface area contributed by atoms with Crippen LogP contribution in [-0.2, 0) is 0 Å². The molecule has 0 saturated heterocycles. The molecule has 1 aromatic carbocycles. The van der Waals surface area contributed by atoms with Crippen LogP contribution >= 0.6 is 0 Å². The van der Waals surface area contributed by atoms with Crippen LogP contribution in [0.5, 0.6) is 0 Å². The summed E-state index contributed by atoms with van der Waals surface area (Å²) < 4.78 is 0. The fraction of sp³-hybridized carbons (Fsp3) is 0.125. The molecule has 5 heteroatoms. The zero-order valence-electron chi connectivity index (χ0n) is 7.32. The maximum Gasteiger partial charge on any atom is 0.320 e. The second-order valence-electron chi connectivity index (χ2n) is 2.79. The van der Waals surface area contributed by atoms with Crippen LogP contribution < -0.4 is 16.5 Å². The van der Waals surface area contributed by atoms with Crippen molar-refractivity contribution in [2.24, 2.45) is 5.73 Å². The van der Waals surface area contributed by atoms with E-state index in [-0.39, 0.29) is 0 Å². The Morgan fingerprint density at radius 1 is 1.62 bits per heavy atom. The molecule has 0 aliphatic rings. The molecule has 1 rings (SSSR count). The normalized spacial score (nSPS) is 9.38. The molecule has 4 N–H and O–H groups in total. The lowest BCUT2D eigenvalue weighted by atomic mass is 9.64. The lowest BCUT2D eigenvalue weighted by molar-refractivity contribution is 0.259. The van der Waals surface area contributed by atoms with E-state index in [1.165, 1.54) is 0 Å². The third kappa shape index (κ3) is 2.80. The van der Waals surface area contributed by atoms with Crippen LogP contribution in [0.3, 0.4) is 0 Å². The summed E-state index contributed by atoms with van der Waals surface area (Å²) >= 11 is 0. The minimum atomic E-state index is -0.609. The zero-order chi connectivity index (χ0) is 9.84. The van der Waals surface area contributed by atoms with Gasteiger partial charge in [0.1, 0.15) is 0 Å². The second kappa shape index (κ2) is 3.95. The lowest BCUT2D eigenvalue weighted by Crippen LogP contribution is -2.27. The molecule has 0 heterocycles. The highest BCUT2D eigenvalue weighted by Crippen LogP contribution is 2.03. The van der Waals surface area contributed by atoms with Crippen molar-refractivity contribution >= 4 is 24.1 Å². The Morgan fingerprint density at radius 2 is 2.31 bits per heavy atom. The van der Waals surface area contributed by atoms with Gasteiger partial charge in [-0.3, -0.25) is 0 Å². The van der Waals surface area contributed by atoms with Crippen molar-refractivity contribution in [1.29, 1.82) is 0 Å². The molecule has 0 unspecified atom stereocenters. The highest BCUT2D eigenvalue weighted by atomic mass is 16.2. The number of rotatable bonds is 2. The molecule has 68 valence electrons. The second-order valence-corrected chi connectivity index (χ2v) is 2.79. The van der Waals surface area contributed by atoms with Crippen LogP contribution in [-0.4, -0.2) is 18.0 Å². The lowest BCUT2D eigenvalue weighted by Gasteiger charge is -2.04. The smallest absolute Gasteiger partial charge is 0.320 e. The molecule has 0 saturated carbocycles. The molecule has 1 aromatic rings. The molecule has 0 aliphatic carbocycles. The summed E-state index contributed by atoms with van der Waals surface area (Å²) in [6.45, 7) is 1.11. The number of nitrogens with one attached hydrogen (secondary N) is 1. The predicted octanol–water partition coefficient (Wildman–Crippen LogP) is -0.00220. The quantitative estimate of drug-likeness (QED) is 0.557. The summed E-state index contributed by atoms with van der Waals surface area (Å²) in [5.74, 6) is 0. The van der Waals surface area contributed by atoms with Crippen LogP contribution in [0.2, 0.25) is 6.82 Å². The number of primary amides is 1. The molecule has 2 amide bonds. The molecule has 0 atom stereocenters. The molecule has 0 bridgehead atoms. The van der Waals surface area contributed by atoms with Crippen LogP contribution in [0.15, 0.2) is 24.3 Å². The molecule has 0 aromatic heterocycles. The monoisotopic (exact) mass is 178 g/mol. The number of anilines is 1. The molecule has 0 radical (unpaired) electrons. The third-order valence-corrected chi connectivity index (χ3v) is 1.64. The van der Waals surface area contributed by atoms with Gasteiger partial charge in [-0.05, 0) is 17.6 Å². The van der Waals surface area contributed by atoms with E-state index in [0.717, 1.165) is 5.46 Å². The van der Waals surface area contributed by atoms with Crippen LogP contribution in [0, 0.1) is 0 Å². The van der Waals surface area contributed by atoms with E-state index >= 15 is 0 Å². The van der Waals surface area contributed by atoms with Crippen LogP contribution in [0.4, 0.5) is 10.5 Å². The first-order valence-electron chi connectivity index (χ1n) is 3.94. The van der Waals surface area contributed by atoms with Gasteiger partial charge in [0, 0.05) is 5.69 Å². The van der Waals surface area contributed by atoms with Crippen molar-refractivity contribution in [3.63, 3.8) is 0 Å². The highest BCUT2D eigenvalue weighted by molar-refractivity contribution is 6.64. The minimum absolute atomic E-state index is 0.547. The van der Waals surface area contributed by atoms with Crippen molar-refractivity contribution in [3.8, 4) is 0 Å². The number of carbonyl (C=O) groups is 1. The van der Waals surface area contributed by atoms with Gasteiger partial charge in [0.15, 0.2) is 0 Å². The maximum atomic E-state index is 10.5. The summed E-state index contributed by atoms with van der Waals surface area (Å²) in [6, 6.07) is 6.29. The molecule has 4 nitrogen and oxygen atoms in total. The maximum absolute atomic E-state index is 10.5. The third-order valence-electron chi connectivity index (χ3n) is 1.64. The van der Waals surface area contributed by atoms with Gasteiger partial charge in [0.25, 0.3) is 0 Å². The van der Waals surface area contributed by atoms with Crippen molar-refractivity contribution in [2.45, 2.75) is 6.82 Å². The van der Waals surface area contributed by atoms with Crippen molar-refractivity contribution in [1.82, 2.24) is 0 Å². The van der Waals surface area contributed by atoms with Gasteiger partial charge >= 0.3 is 12.9 Å². The zero-order valence-corrected chi connectivity index (χ0v) is 7.32. The van der Waals surface area contributed by atoms with Gasteiger partial charge in [-0.25, -0.2) is 4.79 Å². The summed E-state index contributed by atoms with van der Waals surface area (Å²) in [6.07, 6.45) is 0. The molecule has 13 heavy (non-hydrogen) atoms. The van der Waals surface area contributed by atoms with Gasteiger partial charge in [0.2, 0.25) is 0 Å². The Bertz CT molecular complexity index is 315. The predicted molar refractivity (Wildman–Crippen MR) is 53.1 cm³/mol. The Morgan fingerprint density at radius 3 is 2.85 bits per heavy atom. The average Bonchev–Trinajstić information content (AvgIpc) is 2.03. The number of amides is 2. The number of hydrogen-bond donors (Lipinski definition) is 3. The number of hydrogen-bond acceptors (Lipinski definition) is 2. The van der Waals surface area contributed by atoms with Gasteiger partial charge in [-0.1, -0.05) is 19.0 Å². The van der Waals surface area contributed by atoms with Gasteiger partial charge in [0.05, 0.1) is 0 Å². The fourth-order valence-electron chi connectivity index (χ4n) is 1.02. The van der Waals surface area contributed by atoms with Gasteiger partial charge in [-0.15, -0.1) is 0 Å². The van der Waals surface area contributed by atoms with Gasteiger partial charge in [-0.2, -0.15) is 0 Å². The Kier molecular flexibility index (Phi) is 2.92. The van der Waals surface area contributed by atoms with E-state index in [0.29, 0.717) is 5.69 Å². The summed E-state index contributed by atoms with van der Waals surface area (Å²) in [5.41, 5.74) is 6.27. The van der Waals surface area contributed by atoms with Crippen LogP contribution in [0.1, 0.15) is 0 Å². The molecule has 0 fully saturated rings. The summed E-state index contributed by atoms with van der Waals surface area (Å²) in [7, 11) is 0. The average molecular weight is 178 g/mol. The molecule has 0 spiro atoms. The SMILES string of the molecule is CB(O)c1cccc(NC(N)=O)c1. The minimum Gasteiger partial charge on any atom is -0.446 e. The van der Waals surface area contributed by atoms with Crippen molar-refractivity contribution < 1.29 is 9.82 Å². The molecular weight excluding hydrogens is 167 g/mol. The van der Waals surface area contributed by atoms with E-state index in [9.17, 15) is 9.82 Å². The number of urea groups is 1. The van der Waals surface area contributed by atoms with E-state index < -0.39 is 12.9 Å². The Balaban J connectivity index is 2.85. The first-order valence-corrected chi connectivity index (χ1v) is 3.94. The van der Waals surface area contributed by atoms with Crippen molar-refractivity contribution in [3.05, 3.63) is 24.3 Å². The van der Waals surface area contributed by atoms with E-state index in [1.54, 1.807) is 31.1 Å². The van der Waals surface area contributed by atoms with E-state index in [2.05, 4.69) is 5.32 Å². The Labute approximate surface area is 76.9 Å². The topological polar surface area (TPSA) is 75.3 Å². The number of carbonyl (C=O) groups excluding carboxylic acids is 1.